The van der Waals surface area contributed by atoms with E-state index in [4.69, 9.17) is 5.73 Å². The molecule has 4 aromatic carbocycles. The van der Waals surface area contributed by atoms with E-state index >= 15 is 0 Å². The van der Waals surface area contributed by atoms with E-state index in [2.05, 4.69) is 49.8 Å². The van der Waals surface area contributed by atoms with Crippen LogP contribution in [0.2, 0.25) is 0 Å². The summed E-state index contributed by atoms with van der Waals surface area (Å²) in [7, 11) is -3.87. The molecule has 0 amide bonds. The zero-order valence-corrected chi connectivity index (χ0v) is 26.2. The van der Waals surface area contributed by atoms with Crippen molar-refractivity contribution in [1.29, 1.82) is 0 Å². The zero-order chi connectivity index (χ0) is 26.1. The Morgan fingerprint density at radius 3 is 1.46 bits per heavy atom. The third-order valence-corrected chi connectivity index (χ3v) is 7.30. The van der Waals surface area contributed by atoms with Crippen LogP contribution in [0.5, 0.6) is 0 Å². The molecule has 6 heteroatoms. The smallest absolute Gasteiger partial charge is 0.672 e. The Kier molecular flexibility index (Phi) is 16.0. The number of sulfonamides is 1. The van der Waals surface area contributed by atoms with Crippen molar-refractivity contribution in [3.05, 3.63) is 162 Å². The Labute approximate surface area is 249 Å². The van der Waals surface area contributed by atoms with E-state index in [1.807, 2.05) is 67.6 Å². The van der Waals surface area contributed by atoms with Gasteiger partial charge in [0.25, 0.3) is 0 Å². The Morgan fingerprint density at radius 2 is 1.03 bits per heavy atom. The summed E-state index contributed by atoms with van der Waals surface area (Å²) >= 11 is 0. The first-order valence-electron chi connectivity index (χ1n) is 12.1. The molecule has 39 heavy (non-hydrogen) atoms. The van der Waals surface area contributed by atoms with Crippen LogP contribution in [0.25, 0.3) is 10.5 Å². The predicted molar refractivity (Wildman–Crippen MR) is 163 cm³/mol. The first-order valence-corrected chi connectivity index (χ1v) is 13.5. The van der Waals surface area contributed by atoms with Crippen molar-refractivity contribution in [2.45, 2.75) is 50.6 Å². The monoisotopic (exact) mass is 630 g/mol. The van der Waals surface area contributed by atoms with Gasteiger partial charge in [-0.25, -0.2) is 8.42 Å². The maximum Gasteiger partial charge on any atom is 4.00 e. The van der Waals surface area contributed by atoms with Crippen molar-refractivity contribution in [2.24, 2.45) is 0 Å². The Bertz CT molecular complexity index is 1310. The molecule has 0 aliphatic rings. The third kappa shape index (κ3) is 10.8. The molecule has 0 saturated heterocycles. The molecule has 4 rings (SSSR count). The van der Waals surface area contributed by atoms with Crippen molar-refractivity contribution in [3.8, 4) is 0 Å². The Morgan fingerprint density at radius 1 is 0.615 bits per heavy atom. The largest absolute Gasteiger partial charge is 4.00 e. The second-order valence-electron chi connectivity index (χ2n) is 9.20. The van der Waals surface area contributed by atoms with Crippen LogP contribution < -0.4 is 0 Å². The first kappa shape index (κ1) is 36.4. The molecular formula is C33H40N2O2RuS. The summed E-state index contributed by atoms with van der Waals surface area (Å²) in [5.41, 5.74) is 13.8. The fraction of sp³-hybridized carbons (Fsp3) is 0.212. The molecule has 208 valence electrons. The summed E-state index contributed by atoms with van der Waals surface area (Å²) in [5.74, 6) is 0.653. The van der Waals surface area contributed by atoms with Gasteiger partial charge in [-0.3, -0.25) is 0 Å². The van der Waals surface area contributed by atoms with Crippen molar-refractivity contribution >= 4 is 10.0 Å². The van der Waals surface area contributed by atoms with Gasteiger partial charge in [-0.2, -0.15) is 0 Å². The van der Waals surface area contributed by atoms with Gasteiger partial charge in [-0.05, 0) is 37.5 Å². The second kappa shape index (κ2) is 17.1. The normalized spacial score (nSPS) is 11.9. The maximum absolute atomic E-state index is 12.8. The van der Waals surface area contributed by atoms with Crippen LogP contribution in [0, 0.1) is 28.7 Å². The van der Waals surface area contributed by atoms with Gasteiger partial charge in [0.15, 0.2) is 0 Å². The number of nitrogens with one attached hydrogen (secondary N) is 1. The molecule has 0 radical (unpaired) electrons. The van der Waals surface area contributed by atoms with Crippen LogP contribution in [-0.4, -0.2) is 8.42 Å². The molecule has 2 atom stereocenters. The van der Waals surface area contributed by atoms with Crippen molar-refractivity contribution < 1.29 is 27.9 Å². The van der Waals surface area contributed by atoms with Crippen LogP contribution in [0.3, 0.4) is 0 Å². The number of hydrogen-bond acceptors (Lipinski definition) is 2. The van der Waals surface area contributed by atoms with Gasteiger partial charge in [0.2, 0.25) is 0 Å². The van der Waals surface area contributed by atoms with Gasteiger partial charge in [0.05, 0.1) is 0 Å². The van der Waals surface area contributed by atoms with Crippen LogP contribution in [0.4, 0.5) is 0 Å². The molecular weight excluding hydrogens is 590 g/mol. The molecule has 0 aromatic heterocycles. The van der Waals surface area contributed by atoms with Gasteiger partial charge in [0, 0.05) is 4.90 Å². The molecule has 0 unspecified atom stereocenters. The molecule has 1 N–H and O–H groups in total. The number of benzene rings is 4. The fourth-order valence-corrected chi connectivity index (χ4v) is 4.82. The molecule has 0 spiro atoms. The van der Waals surface area contributed by atoms with Gasteiger partial charge < -0.3 is 25.3 Å². The van der Waals surface area contributed by atoms with Crippen LogP contribution in [0.15, 0.2) is 114 Å². The number of nitrogens with zero attached hydrogens (tertiary/aromatic N) is 1. The third-order valence-electron chi connectivity index (χ3n) is 5.93. The standard InChI is InChI=1S/C21H20N2O2S.C10H14.2CH3.Ru/c1-16-12-14-19(15-13-16)26(24,25)23-21(18-10-6-3-7-11-18)20(22)17-8-4-2-5-9-17;1-8(2)10-6-4-9(3)5-7-10;;;/h2-15,20-22H,1H3;4-8H,1-3H3;2*1H3;/q-2;;2*-1;+4/t20-,21-;;;;/m1..../s1. The molecule has 0 aliphatic heterocycles. The van der Waals surface area contributed by atoms with E-state index in [1.165, 1.54) is 11.1 Å². The van der Waals surface area contributed by atoms with E-state index in [0.717, 1.165) is 11.1 Å². The second-order valence-corrected chi connectivity index (χ2v) is 10.8. The zero-order valence-electron chi connectivity index (χ0n) is 23.6. The molecule has 0 saturated carbocycles. The minimum atomic E-state index is -3.87. The van der Waals surface area contributed by atoms with Gasteiger partial charge in [-0.1, -0.05) is 133 Å². The van der Waals surface area contributed by atoms with Crippen LogP contribution in [-0.2, 0) is 29.5 Å². The quantitative estimate of drug-likeness (QED) is 0.151. The van der Waals surface area contributed by atoms with E-state index in [9.17, 15) is 8.42 Å². The topological polar surface area (TPSA) is 72.0 Å². The van der Waals surface area contributed by atoms with E-state index in [-0.39, 0.29) is 39.2 Å². The number of hydrogen-bond donors (Lipinski definition) is 0. The predicted octanol–water partition coefficient (Wildman–Crippen LogP) is 9.61. The van der Waals surface area contributed by atoms with Gasteiger partial charge in [0.1, 0.15) is 10.0 Å². The Balaban J connectivity index is 0.000000949. The fourth-order valence-electron chi connectivity index (χ4n) is 3.68. The summed E-state index contributed by atoms with van der Waals surface area (Å²) in [4.78, 5) is 0.143. The summed E-state index contributed by atoms with van der Waals surface area (Å²) in [6, 6.07) is 32.0. The molecule has 0 bridgehead atoms. The molecule has 0 heterocycles. The maximum atomic E-state index is 12.8. The SMILES string of the molecule is Cc1ccc(C(C)C)cc1.Cc1ccc(S(=O)(=O)[N-][C@H](c2ccccc2)[C@H]([NH-])c2ccccc2)cc1.[CH3-].[CH3-].[Ru+4]. The Hall–Kier alpha value is -2.63. The van der Waals surface area contributed by atoms with Crippen LogP contribution in [0.1, 0.15) is 59.7 Å². The summed E-state index contributed by atoms with van der Waals surface area (Å²) in [5, 5.41) is 0. The minimum absolute atomic E-state index is 0. The van der Waals surface area contributed by atoms with E-state index in [1.54, 1.807) is 24.3 Å². The minimum Gasteiger partial charge on any atom is -0.672 e. The van der Waals surface area contributed by atoms with Crippen LogP contribution >= 0.6 is 0 Å². The average molecular weight is 630 g/mol. The van der Waals surface area contributed by atoms with E-state index in [0.29, 0.717) is 11.5 Å². The van der Waals surface area contributed by atoms with E-state index < -0.39 is 22.1 Å². The van der Waals surface area contributed by atoms with Crippen molar-refractivity contribution in [3.63, 3.8) is 0 Å². The van der Waals surface area contributed by atoms with Crippen molar-refractivity contribution in [1.82, 2.24) is 0 Å². The van der Waals surface area contributed by atoms with Crippen molar-refractivity contribution in [2.75, 3.05) is 0 Å². The number of aryl methyl sites for hydroxylation is 2. The number of rotatable bonds is 7. The molecule has 4 aromatic rings. The molecule has 4 nitrogen and oxygen atoms in total. The van der Waals surface area contributed by atoms with Gasteiger partial charge >= 0.3 is 19.5 Å². The van der Waals surface area contributed by atoms with Gasteiger partial charge in [-0.15, -0.1) is 12.1 Å². The molecule has 0 aliphatic carbocycles. The average Bonchev–Trinajstić information content (AvgIpc) is 2.89. The first-order chi connectivity index (χ1) is 17.2. The summed E-state index contributed by atoms with van der Waals surface area (Å²) < 4.78 is 29.8. The summed E-state index contributed by atoms with van der Waals surface area (Å²) in [6.07, 6.45) is 0. The summed E-state index contributed by atoms with van der Waals surface area (Å²) in [6.45, 7) is 8.44. The molecule has 0 fully saturated rings.